The smallest absolute Gasteiger partial charge is 0.257 e. The molecule has 0 spiro atoms. The number of imide groups is 1. The van der Waals surface area contributed by atoms with Crippen LogP contribution in [0.25, 0.3) is 0 Å². The van der Waals surface area contributed by atoms with Crippen LogP contribution in [0.5, 0.6) is 0 Å². The van der Waals surface area contributed by atoms with E-state index < -0.39 is 71.9 Å². The van der Waals surface area contributed by atoms with E-state index in [2.05, 4.69) is 215 Å². The maximum absolute atomic E-state index is 15.2. The van der Waals surface area contributed by atoms with Crippen LogP contribution in [0.2, 0.25) is 0 Å². The van der Waals surface area contributed by atoms with E-state index in [0.717, 1.165) is 37.0 Å². The van der Waals surface area contributed by atoms with Crippen molar-refractivity contribution in [2.24, 2.45) is 0 Å². The summed E-state index contributed by atoms with van der Waals surface area (Å²) in [4.78, 5) is 91.8. The molecule has 3 atom stereocenters. The second kappa shape index (κ2) is 34.0. The Kier molecular flexibility index (Phi) is 26.2. The highest BCUT2D eigenvalue weighted by Gasteiger charge is 2.53. The van der Waals surface area contributed by atoms with Gasteiger partial charge in [0.1, 0.15) is 23.8 Å². The predicted molar refractivity (Wildman–Crippen MR) is 323 cm³/mol. The average Bonchev–Trinajstić information content (AvgIpc) is 1.78. The van der Waals surface area contributed by atoms with E-state index in [1.807, 2.05) is 91.8 Å². The highest BCUT2D eigenvalue weighted by atomic mass is 16.2. The van der Waals surface area contributed by atoms with Gasteiger partial charge in [-0.1, -0.05) is 111 Å². The van der Waals surface area contributed by atoms with Gasteiger partial charge in [0.25, 0.3) is 17.7 Å². The standard InChI is InChI=1S/C77H53N3O6/c1-14-15-16-17-18-19-20-21-22-23-24-25-26-27-28-29-30-31-32-33-34-35-36-37-38-39-40-41-42-43-44-45-46-53-69(78(75(84)60(10)11)66-54-68(81)72(74(66)83)71-62(56(2)3)49-47-50-63(71)57(4)5)79(76(85)61(12)13)67-55-70(82)80(77(67)86)73-64(58(6)7)51-48-52-65(73)59(8)9/h47-52,56-59,66-67,72H,1,10,12,54-55H2,2-9,11,13H3. The number of hydrogen-bond donors (Lipinski definition) is 0. The van der Waals surface area contributed by atoms with Crippen molar-refractivity contribution in [1.82, 2.24) is 9.80 Å². The Balaban J connectivity index is 1.99. The van der Waals surface area contributed by atoms with E-state index in [4.69, 9.17) is 0 Å². The number of carbonyl (C=O) groups excluding carboxylic acids is 6. The van der Waals surface area contributed by atoms with Gasteiger partial charge in [0.2, 0.25) is 5.91 Å². The zero-order valence-electron chi connectivity index (χ0n) is 49.3. The molecule has 86 heavy (non-hydrogen) atoms. The minimum absolute atomic E-state index is 0.0817. The van der Waals surface area contributed by atoms with Crippen LogP contribution in [0.4, 0.5) is 5.69 Å². The number of ketones is 2. The van der Waals surface area contributed by atoms with Crippen LogP contribution in [0.3, 0.4) is 0 Å². The summed E-state index contributed by atoms with van der Waals surface area (Å²) in [6.07, 6.45) is -0.995. The van der Waals surface area contributed by atoms with Crippen molar-refractivity contribution in [3.05, 3.63) is 296 Å². The van der Waals surface area contributed by atoms with E-state index in [1.165, 1.54) is 13.8 Å². The van der Waals surface area contributed by atoms with Gasteiger partial charge in [0.05, 0.1) is 12.1 Å². The minimum atomic E-state index is -1.60. The van der Waals surface area contributed by atoms with Gasteiger partial charge in [0.15, 0.2) is 11.6 Å². The normalized spacial score (nSPS) is 13.1. The fraction of sp³-hybridized carbons (Fsp3) is 0.247. The molecule has 0 bridgehead atoms. The molecule has 1 saturated heterocycles. The van der Waals surface area contributed by atoms with Gasteiger partial charge in [-0.05, 0) is 169 Å². The Bertz CT molecular complexity index is 4560. The molecule has 1 heterocycles. The molecule has 4 amide bonds. The number of amides is 4. The Morgan fingerprint density at radius 2 is 0.756 bits per heavy atom. The number of rotatable bonds is 12. The number of Topliss-reactive ketones (excluding diaryl/α,β-unsaturated/α-hetero) is 2. The second-order valence-corrected chi connectivity index (χ2v) is 19.6. The molecule has 9 nitrogen and oxygen atoms in total. The van der Waals surface area contributed by atoms with E-state index in [0.29, 0.717) is 11.3 Å². The third-order valence-corrected chi connectivity index (χ3v) is 12.2. The number of para-hydroxylation sites is 1. The molecule has 412 valence electrons. The summed E-state index contributed by atoms with van der Waals surface area (Å²) in [7, 11) is 0. The second-order valence-electron chi connectivity index (χ2n) is 19.6. The molecular formula is C77H53N3O6. The first kappa shape index (κ1) is 66.1. The van der Waals surface area contributed by atoms with Crippen LogP contribution >= 0.6 is 0 Å². The molecule has 3 unspecified atom stereocenters. The van der Waals surface area contributed by atoms with E-state index in [1.54, 1.807) is 0 Å². The summed E-state index contributed by atoms with van der Waals surface area (Å²) < 4.78 is 0. The quantitative estimate of drug-likeness (QED) is 0.0906. The first-order valence-electron chi connectivity index (χ1n) is 26.6. The Labute approximate surface area is 501 Å². The third kappa shape index (κ3) is 18.6. The lowest BCUT2D eigenvalue weighted by Gasteiger charge is -2.37. The van der Waals surface area contributed by atoms with Crippen LogP contribution in [0, 0.1) is 0 Å². The van der Waals surface area contributed by atoms with E-state index >= 15 is 9.59 Å². The fourth-order valence-corrected chi connectivity index (χ4v) is 8.53. The SMILES string of the molecule is C=C=C=C=C=C=C=C=C=C=C=C=C=C=C=C=C=C=C=C=C=C=C=C=C=C=C=C=C=C=C=C=C=C=C=C(N(C(=O)C(=C)C)C1CC(=O)C(c2c(C(C)C)cccc2C(C)C)C1=O)N(C(=O)C(=C)C)C1CC(=O)N(c2c(C(C)C)cccc2C(C)C)C1=O. The molecule has 0 aromatic heterocycles. The lowest BCUT2D eigenvalue weighted by Crippen LogP contribution is -2.53. The first-order valence-corrected chi connectivity index (χ1v) is 26.6. The summed E-state index contributed by atoms with van der Waals surface area (Å²) in [5.74, 6) is -6.40. The zero-order valence-corrected chi connectivity index (χ0v) is 49.3. The van der Waals surface area contributed by atoms with Crippen LogP contribution in [0.1, 0.15) is 139 Å². The lowest BCUT2D eigenvalue weighted by atomic mass is 9.80. The Morgan fingerprint density at radius 1 is 0.453 bits per heavy atom. The molecule has 1 aliphatic heterocycles. The van der Waals surface area contributed by atoms with Crippen LogP contribution < -0.4 is 4.90 Å². The predicted octanol–water partition coefficient (Wildman–Crippen LogP) is 13.1. The Hall–Kier alpha value is -12.4. The maximum Gasteiger partial charge on any atom is 0.257 e. The highest BCUT2D eigenvalue weighted by molar-refractivity contribution is 6.24. The molecule has 2 aliphatic rings. The van der Waals surface area contributed by atoms with E-state index in [-0.39, 0.29) is 34.8 Å². The average molecular weight is 1120 g/mol. The topological polar surface area (TPSA) is 112 Å². The third-order valence-electron chi connectivity index (χ3n) is 12.2. The molecule has 2 aromatic carbocycles. The molecule has 1 saturated carbocycles. The summed E-state index contributed by atoms with van der Waals surface area (Å²) in [6, 6.07) is 8.07. The molecule has 4 rings (SSSR count). The largest absolute Gasteiger partial charge is 0.298 e. The number of benzene rings is 2. The molecule has 2 aromatic rings. The zero-order chi connectivity index (χ0) is 63.1. The van der Waals surface area contributed by atoms with Gasteiger partial charge in [-0.25, -0.2) is 4.90 Å². The Morgan fingerprint density at radius 3 is 1.07 bits per heavy atom. The lowest BCUT2D eigenvalue weighted by molar-refractivity contribution is -0.140. The maximum atomic E-state index is 15.2. The van der Waals surface area contributed by atoms with Gasteiger partial charge in [0, 0.05) is 109 Å². The van der Waals surface area contributed by atoms with Gasteiger partial charge < -0.3 is 0 Å². The number of nitrogens with zero attached hydrogens (tertiary/aromatic N) is 3. The summed E-state index contributed by atoms with van der Waals surface area (Å²) in [5.41, 5.74) is 89.3. The van der Waals surface area contributed by atoms with Crippen molar-refractivity contribution in [3.8, 4) is 0 Å². The van der Waals surface area contributed by atoms with Crippen molar-refractivity contribution in [2.75, 3.05) is 4.90 Å². The van der Waals surface area contributed by atoms with Crippen molar-refractivity contribution in [3.63, 3.8) is 0 Å². The summed E-state index contributed by atoms with van der Waals surface area (Å²) in [6.45, 7) is 29.5. The van der Waals surface area contributed by atoms with Crippen molar-refractivity contribution < 1.29 is 28.8 Å². The van der Waals surface area contributed by atoms with Gasteiger partial charge in [-0.2, -0.15) is 0 Å². The van der Waals surface area contributed by atoms with Gasteiger partial charge in [-0.3, -0.25) is 38.6 Å². The van der Waals surface area contributed by atoms with Crippen LogP contribution in [0.15, 0.2) is 268 Å². The van der Waals surface area contributed by atoms with Gasteiger partial charge in [-0.15, -0.1) is 0 Å². The minimum Gasteiger partial charge on any atom is -0.298 e. The number of carbonyl (C=O) groups is 6. The summed E-state index contributed by atoms with van der Waals surface area (Å²) >= 11 is 0. The van der Waals surface area contributed by atoms with E-state index in [9.17, 15) is 19.2 Å². The molecule has 9 heteroatoms. The number of anilines is 1. The first-order chi connectivity index (χ1) is 41.3. The molecule has 1 aliphatic carbocycles. The van der Waals surface area contributed by atoms with Crippen molar-refractivity contribution in [2.45, 2.75) is 124 Å². The monoisotopic (exact) mass is 1120 g/mol. The van der Waals surface area contributed by atoms with Crippen LogP contribution in [-0.2, 0) is 28.8 Å². The molecular weight excluding hydrogens is 1060 g/mol. The van der Waals surface area contributed by atoms with Gasteiger partial charge >= 0.3 is 0 Å². The molecule has 2 fully saturated rings. The van der Waals surface area contributed by atoms with Crippen molar-refractivity contribution in [1.29, 1.82) is 0 Å². The van der Waals surface area contributed by atoms with Crippen molar-refractivity contribution >= 4 is 40.9 Å². The number of hydrogen-bond acceptors (Lipinski definition) is 6. The fourth-order valence-electron chi connectivity index (χ4n) is 8.53. The molecule has 0 N–H and O–H groups in total. The summed E-state index contributed by atoms with van der Waals surface area (Å²) in [5, 5.41) is 0. The molecule has 0 radical (unpaired) electrons. The van der Waals surface area contributed by atoms with Crippen LogP contribution in [-0.4, -0.2) is 57.1 Å². The highest BCUT2D eigenvalue weighted by Crippen LogP contribution is 2.43.